The first-order valence-corrected chi connectivity index (χ1v) is 11.7. The van der Waals surface area contributed by atoms with Gasteiger partial charge in [0, 0.05) is 10.0 Å². The summed E-state index contributed by atoms with van der Waals surface area (Å²) in [7, 11) is 0. The number of urea groups is 1. The largest absolute Gasteiger partial charge is 0.486 e. The van der Waals surface area contributed by atoms with Crippen molar-refractivity contribution >= 4 is 76.0 Å². The van der Waals surface area contributed by atoms with E-state index in [4.69, 9.17) is 51.1 Å². The molecule has 4 amide bonds. The summed E-state index contributed by atoms with van der Waals surface area (Å²) in [5.74, 6) is -1.40. The van der Waals surface area contributed by atoms with Crippen molar-refractivity contribution in [2.45, 2.75) is 13.5 Å². The summed E-state index contributed by atoms with van der Waals surface area (Å²) < 4.78 is 5.75. The van der Waals surface area contributed by atoms with Crippen LogP contribution in [0.3, 0.4) is 0 Å². The number of ether oxygens (including phenoxy) is 1. The number of rotatable bonds is 5. The van der Waals surface area contributed by atoms with Gasteiger partial charge in [0.1, 0.15) is 12.2 Å². The monoisotopic (exact) mass is 548 g/mol. The number of imide groups is 2. The number of halogens is 4. The molecule has 1 N–H and O–H groups in total. The summed E-state index contributed by atoms with van der Waals surface area (Å²) in [6.45, 7) is 1.92. The van der Waals surface area contributed by atoms with E-state index in [0.717, 1.165) is 10.5 Å². The highest BCUT2D eigenvalue weighted by Crippen LogP contribution is 2.36. The molecule has 3 aromatic carbocycles. The molecule has 0 aromatic heterocycles. The van der Waals surface area contributed by atoms with E-state index in [9.17, 15) is 14.4 Å². The van der Waals surface area contributed by atoms with Gasteiger partial charge in [0.2, 0.25) is 0 Å². The van der Waals surface area contributed by atoms with Gasteiger partial charge in [-0.3, -0.25) is 14.9 Å². The van der Waals surface area contributed by atoms with Gasteiger partial charge in [-0.1, -0.05) is 64.6 Å². The Hall–Kier alpha value is -3.03. The molecule has 0 bridgehead atoms. The molecule has 1 fully saturated rings. The quantitative estimate of drug-likeness (QED) is 0.279. The molecule has 3 aromatic rings. The zero-order valence-corrected chi connectivity index (χ0v) is 21.1. The Balaban J connectivity index is 1.62. The Labute approximate surface area is 221 Å². The lowest BCUT2D eigenvalue weighted by molar-refractivity contribution is -0.122. The molecule has 178 valence electrons. The number of barbiturate groups is 1. The maximum Gasteiger partial charge on any atom is 0.335 e. The smallest absolute Gasteiger partial charge is 0.335 e. The second-order valence-electron chi connectivity index (χ2n) is 7.62. The predicted octanol–water partition coefficient (Wildman–Crippen LogP) is 6.85. The second kappa shape index (κ2) is 10.3. The molecule has 0 saturated carbocycles. The van der Waals surface area contributed by atoms with Crippen LogP contribution < -0.4 is 15.0 Å². The summed E-state index contributed by atoms with van der Waals surface area (Å²) in [4.78, 5) is 39.0. The first-order chi connectivity index (χ1) is 16.6. The third kappa shape index (κ3) is 5.46. The Bertz CT molecular complexity index is 1360. The Morgan fingerprint density at radius 2 is 1.51 bits per heavy atom. The van der Waals surface area contributed by atoms with Crippen molar-refractivity contribution in [2.24, 2.45) is 0 Å². The van der Waals surface area contributed by atoms with E-state index >= 15 is 0 Å². The minimum atomic E-state index is -0.871. The first-order valence-electron chi connectivity index (χ1n) is 10.2. The molecule has 0 radical (unpaired) electrons. The van der Waals surface area contributed by atoms with Crippen LogP contribution in [0.5, 0.6) is 5.75 Å². The van der Waals surface area contributed by atoms with Crippen molar-refractivity contribution in [1.82, 2.24) is 5.32 Å². The molecule has 0 atom stereocenters. The average Bonchev–Trinajstić information content (AvgIpc) is 2.79. The van der Waals surface area contributed by atoms with Crippen LogP contribution in [-0.2, 0) is 16.2 Å². The molecular formula is C25H16Cl4N2O4. The van der Waals surface area contributed by atoms with Crippen LogP contribution in [-0.4, -0.2) is 17.8 Å². The Morgan fingerprint density at radius 3 is 2.17 bits per heavy atom. The molecule has 6 nitrogen and oxygen atoms in total. The molecule has 1 heterocycles. The van der Waals surface area contributed by atoms with Gasteiger partial charge in [0.25, 0.3) is 11.8 Å². The number of hydrogen-bond acceptors (Lipinski definition) is 4. The predicted molar refractivity (Wildman–Crippen MR) is 137 cm³/mol. The fourth-order valence-electron chi connectivity index (χ4n) is 3.40. The van der Waals surface area contributed by atoms with Gasteiger partial charge in [0.05, 0.1) is 15.7 Å². The third-order valence-corrected chi connectivity index (χ3v) is 6.19. The lowest BCUT2D eigenvalue weighted by atomic mass is 10.1. The van der Waals surface area contributed by atoms with Crippen molar-refractivity contribution in [2.75, 3.05) is 4.90 Å². The minimum Gasteiger partial charge on any atom is -0.486 e. The van der Waals surface area contributed by atoms with E-state index < -0.39 is 17.8 Å². The summed E-state index contributed by atoms with van der Waals surface area (Å²) in [5.41, 5.74) is 1.85. The van der Waals surface area contributed by atoms with E-state index in [1.165, 1.54) is 24.3 Å². The third-order valence-electron chi connectivity index (χ3n) is 5.14. The number of carbonyl (C=O) groups excluding carboxylic acids is 3. The van der Waals surface area contributed by atoms with Crippen LogP contribution in [0.1, 0.15) is 16.7 Å². The van der Waals surface area contributed by atoms with Crippen LogP contribution >= 0.6 is 46.4 Å². The van der Waals surface area contributed by atoms with Gasteiger partial charge in [-0.2, -0.15) is 0 Å². The first kappa shape index (κ1) is 25.1. The highest BCUT2D eigenvalue weighted by atomic mass is 35.5. The molecule has 0 aliphatic carbocycles. The van der Waals surface area contributed by atoms with Crippen molar-refractivity contribution in [3.63, 3.8) is 0 Å². The van der Waals surface area contributed by atoms with Crippen molar-refractivity contribution in [3.8, 4) is 5.75 Å². The van der Waals surface area contributed by atoms with Crippen LogP contribution in [0, 0.1) is 6.92 Å². The molecule has 1 saturated heterocycles. The van der Waals surface area contributed by atoms with Gasteiger partial charge in [-0.25, -0.2) is 9.69 Å². The van der Waals surface area contributed by atoms with Crippen molar-refractivity contribution in [1.29, 1.82) is 0 Å². The number of hydrogen-bond donors (Lipinski definition) is 1. The molecule has 10 heteroatoms. The van der Waals surface area contributed by atoms with Crippen LogP contribution in [0.4, 0.5) is 10.5 Å². The maximum atomic E-state index is 13.2. The number of amides is 4. The van der Waals surface area contributed by atoms with Gasteiger partial charge < -0.3 is 4.74 Å². The molecule has 4 rings (SSSR count). The summed E-state index contributed by atoms with van der Waals surface area (Å²) >= 11 is 24.7. The van der Waals surface area contributed by atoms with E-state index in [0.29, 0.717) is 21.2 Å². The fourth-order valence-corrected chi connectivity index (χ4v) is 4.31. The Kier molecular flexibility index (Phi) is 7.38. The van der Waals surface area contributed by atoms with Crippen molar-refractivity contribution < 1.29 is 19.1 Å². The lowest BCUT2D eigenvalue weighted by Crippen LogP contribution is -2.54. The highest BCUT2D eigenvalue weighted by molar-refractivity contribution is 6.40. The molecular weight excluding hydrogens is 534 g/mol. The van der Waals surface area contributed by atoms with E-state index in [1.807, 2.05) is 12.1 Å². The lowest BCUT2D eigenvalue weighted by Gasteiger charge is -2.27. The van der Waals surface area contributed by atoms with Crippen LogP contribution in [0.25, 0.3) is 6.08 Å². The minimum absolute atomic E-state index is 0.181. The Morgan fingerprint density at radius 1 is 0.886 bits per heavy atom. The van der Waals surface area contributed by atoms with Crippen LogP contribution in [0.15, 0.2) is 60.2 Å². The van der Waals surface area contributed by atoms with Crippen molar-refractivity contribution in [3.05, 3.63) is 97.0 Å². The maximum absolute atomic E-state index is 13.2. The van der Waals surface area contributed by atoms with Gasteiger partial charge in [-0.15, -0.1) is 0 Å². The SMILES string of the molecule is Cc1ccc(Cl)cc1N1C(=O)NC(=O)/C(=C\c2cc(Cl)c(OCc3ccc(Cl)cc3)c(Cl)c2)C1=O. The number of aryl methyl sites for hydroxylation is 1. The molecule has 1 aliphatic rings. The van der Waals surface area contributed by atoms with E-state index in [1.54, 1.807) is 31.2 Å². The van der Waals surface area contributed by atoms with E-state index in [-0.39, 0.29) is 33.7 Å². The topological polar surface area (TPSA) is 75.7 Å². The number of anilines is 1. The van der Waals surface area contributed by atoms with Gasteiger partial charge >= 0.3 is 6.03 Å². The highest BCUT2D eigenvalue weighted by Gasteiger charge is 2.37. The van der Waals surface area contributed by atoms with Gasteiger partial charge in [0.15, 0.2) is 5.75 Å². The fraction of sp³-hybridized carbons (Fsp3) is 0.0800. The standard InChI is InChI=1S/C25H16Cl4N2O4/c1-13-2-5-17(27)11-21(13)31-24(33)18(23(32)30-25(31)34)8-15-9-19(28)22(20(29)10-15)35-12-14-3-6-16(26)7-4-14/h2-11H,12H2,1H3,(H,30,32,34)/b18-8+. The number of benzene rings is 3. The summed E-state index contributed by atoms with van der Waals surface area (Å²) in [6, 6.07) is 14.0. The molecule has 35 heavy (non-hydrogen) atoms. The zero-order chi connectivity index (χ0) is 25.3. The van der Waals surface area contributed by atoms with E-state index in [2.05, 4.69) is 5.32 Å². The molecule has 0 spiro atoms. The molecule has 0 unspecified atom stereocenters. The van der Waals surface area contributed by atoms with Crippen LogP contribution in [0.2, 0.25) is 20.1 Å². The number of nitrogens with zero attached hydrogens (tertiary/aromatic N) is 1. The zero-order valence-electron chi connectivity index (χ0n) is 18.1. The summed E-state index contributed by atoms with van der Waals surface area (Å²) in [6.07, 6.45) is 1.30. The normalized spacial score (nSPS) is 14.9. The molecule has 1 aliphatic heterocycles. The number of carbonyl (C=O) groups is 3. The average molecular weight is 550 g/mol. The second-order valence-corrected chi connectivity index (χ2v) is 9.30. The summed E-state index contributed by atoms with van der Waals surface area (Å²) in [5, 5.41) is 3.48. The van der Waals surface area contributed by atoms with Gasteiger partial charge in [-0.05, 0) is 66.1 Å². The number of nitrogens with one attached hydrogen (secondary N) is 1.